The second-order valence-corrected chi connectivity index (χ2v) is 17.6. The maximum Gasteiger partial charge on any atom is 0.342 e. The predicted octanol–water partition coefficient (Wildman–Crippen LogP) is -0.115. The largest absolute Gasteiger partial charge is 0.504 e. The minimum absolute atomic E-state index is 0.368. The molecule has 418 valence electrons. The molecule has 10 unspecified atom stereocenters. The van der Waals surface area contributed by atoms with Gasteiger partial charge in [-0.15, -0.1) is 0 Å². The van der Waals surface area contributed by atoms with Crippen LogP contribution in [-0.4, -0.2) is 192 Å². The van der Waals surface area contributed by atoms with Crippen LogP contribution >= 0.6 is 0 Å². The van der Waals surface area contributed by atoms with E-state index < -0.39 is 235 Å². The Balaban J connectivity index is 1.06. The van der Waals surface area contributed by atoms with Crippen molar-refractivity contribution in [3.05, 3.63) is 69.8 Å². The van der Waals surface area contributed by atoms with Gasteiger partial charge in [-0.05, 0) is 24.3 Å². The predicted molar refractivity (Wildman–Crippen MR) is 244 cm³/mol. The van der Waals surface area contributed by atoms with E-state index in [1.165, 1.54) is 0 Å². The number of fused-ring (bicyclic) bond motifs is 8. The van der Waals surface area contributed by atoms with Crippen molar-refractivity contribution in [1.29, 1.82) is 0 Å². The molecular weight excluding hydrogens is 1070 g/mol. The van der Waals surface area contributed by atoms with E-state index in [0.29, 0.717) is 30.3 Å². The molecule has 10 atom stereocenters. The van der Waals surface area contributed by atoms with Gasteiger partial charge in [0.05, 0.1) is 29.4 Å². The first-order chi connectivity index (χ1) is 37.2. The molecule has 4 aliphatic rings. The van der Waals surface area contributed by atoms with Gasteiger partial charge >= 0.3 is 29.8 Å². The summed E-state index contributed by atoms with van der Waals surface area (Å²) >= 11 is 0. The van der Waals surface area contributed by atoms with Crippen molar-refractivity contribution in [3.8, 4) is 103 Å². The van der Waals surface area contributed by atoms with Crippen LogP contribution in [0.1, 0.15) is 63.5 Å². The molecule has 31 heteroatoms. The van der Waals surface area contributed by atoms with Crippen LogP contribution < -0.4 is 9.47 Å². The highest BCUT2D eigenvalue weighted by atomic mass is 16.7. The van der Waals surface area contributed by atoms with Crippen molar-refractivity contribution in [2.75, 3.05) is 20.3 Å². The summed E-state index contributed by atoms with van der Waals surface area (Å²) in [5.74, 6) is -26.8. The summed E-state index contributed by atoms with van der Waals surface area (Å²) in [5, 5.41) is 183. The summed E-state index contributed by atoms with van der Waals surface area (Å²) in [6, 6.07) is 3.40. The summed E-state index contributed by atoms with van der Waals surface area (Å²) in [6.45, 7) is -2.16. The van der Waals surface area contributed by atoms with Crippen molar-refractivity contribution < 1.29 is 153 Å². The Kier molecular flexibility index (Phi) is 13.7. The van der Waals surface area contributed by atoms with Crippen LogP contribution in [0.3, 0.4) is 0 Å². The summed E-state index contributed by atoms with van der Waals surface area (Å²) < 4.78 is 48.0. The van der Waals surface area contributed by atoms with Gasteiger partial charge in [-0.2, -0.15) is 0 Å². The molecule has 2 fully saturated rings. The highest BCUT2D eigenvalue weighted by molar-refractivity contribution is 6.08. The van der Waals surface area contributed by atoms with Crippen molar-refractivity contribution in [3.63, 3.8) is 0 Å². The Morgan fingerprint density at radius 2 is 1.11 bits per heavy atom. The lowest BCUT2D eigenvalue weighted by molar-refractivity contribution is -0.284. The minimum Gasteiger partial charge on any atom is -0.504 e. The Morgan fingerprint density at radius 3 is 1.77 bits per heavy atom. The van der Waals surface area contributed by atoms with Crippen LogP contribution in [0.2, 0.25) is 0 Å². The number of cyclic esters (lactones) is 1. The number of hydrogen-bond acceptors (Lipinski definition) is 31. The highest BCUT2D eigenvalue weighted by Gasteiger charge is 2.53. The average molecular weight is 1110 g/mol. The highest BCUT2D eigenvalue weighted by Crippen LogP contribution is 2.56. The molecule has 0 radical (unpaired) electrons. The number of esters is 5. The van der Waals surface area contributed by atoms with E-state index >= 15 is 0 Å². The molecule has 0 spiro atoms. The minimum atomic E-state index is -2.44. The lowest BCUT2D eigenvalue weighted by atomic mass is 9.86. The molecular formula is C48H40O31. The van der Waals surface area contributed by atoms with Gasteiger partial charge in [-0.25, -0.2) is 24.0 Å². The second-order valence-electron chi connectivity index (χ2n) is 17.6. The van der Waals surface area contributed by atoms with E-state index in [1.807, 2.05) is 0 Å². The van der Waals surface area contributed by atoms with Crippen LogP contribution in [0.25, 0.3) is 11.1 Å². The molecule has 0 aliphatic carbocycles. The molecule has 4 heterocycles. The standard InChI is InChI=1S/C48H40O31/c1-71-39-18(52)5-12-25(35(39)62)40-42(78-46(12)69)37(64)31(58)21(75-40)8-73-45(68)14-7-20(30(57)36(63)26(14)53)74-19-6-13-24(34(61)29(19)56)23-11(4-17(51)28(55)33(23)60)44(67)72-9-22-32(59)41(77-47(13)70)38(65)48(76-22)79-43(66)10-2-15(49)27(54)16(50)3-10/h2-7,21-22,31-32,37-38,40-42,48-65H,8-9H2,1H3. The van der Waals surface area contributed by atoms with E-state index in [-0.39, 0.29) is 5.56 Å². The third kappa shape index (κ3) is 9.01. The van der Waals surface area contributed by atoms with Crippen LogP contribution in [0.4, 0.5) is 0 Å². The molecule has 5 aromatic carbocycles. The number of benzene rings is 5. The molecule has 31 nitrogen and oxygen atoms in total. The van der Waals surface area contributed by atoms with Crippen LogP contribution in [-0.2, 0) is 33.2 Å². The molecule has 9 rings (SSSR count). The first-order valence-corrected chi connectivity index (χ1v) is 22.5. The monoisotopic (exact) mass is 1110 g/mol. The van der Waals surface area contributed by atoms with Gasteiger partial charge < -0.3 is 129 Å². The average Bonchev–Trinajstić information content (AvgIpc) is 3.42. The number of phenols is 13. The Morgan fingerprint density at radius 1 is 0.544 bits per heavy atom. The van der Waals surface area contributed by atoms with E-state index in [0.717, 1.165) is 13.2 Å². The maximum atomic E-state index is 14.5. The summed E-state index contributed by atoms with van der Waals surface area (Å²) in [7, 11) is 1.06. The normalized spacial score (nSPS) is 24.3. The van der Waals surface area contributed by atoms with Crippen molar-refractivity contribution >= 4 is 29.8 Å². The van der Waals surface area contributed by atoms with Gasteiger partial charge in [-0.1, -0.05) is 0 Å². The molecule has 2 bridgehead atoms. The SMILES string of the molecule is COc1c(O)cc2c(c1O)C1OC(COC(=O)c3cc(Oc4cc5c(c(O)c4O)-c4c(cc(O)c(O)c4O)C(=O)OCC4OC(OC(=O)c6cc(O)c(O)c(O)c6)C(O)C(OC5=O)C4O)c(O)c(O)c3O)C(O)C(O)C1OC2=O. The number of ether oxygens (including phenoxy) is 9. The van der Waals surface area contributed by atoms with Gasteiger partial charge in [0, 0.05) is 28.8 Å². The number of carbonyl (C=O) groups excluding carboxylic acids is 5. The van der Waals surface area contributed by atoms with Crippen LogP contribution in [0.5, 0.6) is 92.0 Å². The molecule has 17 N–H and O–H groups in total. The van der Waals surface area contributed by atoms with Crippen molar-refractivity contribution in [1.82, 2.24) is 0 Å². The van der Waals surface area contributed by atoms with Gasteiger partial charge in [0.1, 0.15) is 55.4 Å². The van der Waals surface area contributed by atoms with E-state index in [2.05, 4.69) is 0 Å². The van der Waals surface area contributed by atoms with Gasteiger partial charge in [-0.3, -0.25) is 0 Å². The second kappa shape index (κ2) is 20.0. The van der Waals surface area contributed by atoms with E-state index in [9.17, 15) is 111 Å². The lowest BCUT2D eigenvalue weighted by Gasteiger charge is -2.44. The van der Waals surface area contributed by atoms with E-state index in [1.54, 1.807) is 0 Å². The molecule has 4 aliphatic heterocycles. The zero-order valence-corrected chi connectivity index (χ0v) is 39.5. The number of carbonyl (C=O) groups is 5. The summed E-state index contributed by atoms with van der Waals surface area (Å²) in [5.41, 5.74) is -7.06. The maximum absolute atomic E-state index is 14.5. The topological polar surface area (TPSA) is 512 Å². The zero-order chi connectivity index (χ0) is 57.5. The number of hydrogen-bond donors (Lipinski definition) is 17. The number of aliphatic hydroxyl groups is 4. The van der Waals surface area contributed by atoms with E-state index in [4.69, 9.17) is 42.6 Å². The Hall–Kier alpha value is -9.79. The zero-order valence-electron chi connectivity index (χ0n) is 39.5. The summed E-state index contributed by atoms with van der Waals surface area (Å²) in [6.07, 6.45) is -20.4. The summed E-state index contributed by atoms with van der Waals surface area (Å²) in [4.78, 5) is 67.8. The van der Waals surface area contributed by atoms with Gasteiger partial charge in [0.2, 0.25) is 35.0 Å². The number of methoxy groups -OCH3 is 1. The number of aromatic hydroxyl groups is 13. The van der Waals surface area contributed by atoms with Gasteiger partial charge in [0.15, 0.2) is 81.6 Å². The number of aliphatic hydroxyl groups excluding tert-OH is 4. The van der Waals surface area contributed by atoms with Crippen LogP contribution in [0.15, 0.2) is 36.4 Å². The first-order valence-electron chi connectivity index (χ1n) is 22.5. The fourth-order valence-corrected chi connectivity index (χ4v) is 8.93. The third-order valence-corrected chi connectivity index (χ3v) is 12.9. The smallest absolute Gasteiger partial charge is 0.342 e. The van der Waals surface area contributed by atoms with Crippen molar-refractivity contribution in [2.45, 2.75) is 61.2 Å². The molecule has 5 aromatic rings. The molecule has 0 saturated carbocycles. The molecule has 0 amide bonds. The van der Waals surface area contributed by atoms with Crippen molar-refractivity contribution in [2.24, 2.45) is 0 Å². The van der Waals surface area contributed by atoms with Gasteiger partial charge in [0.25, 0.3) is 0 Å². The third-order valence-electron chi connectivity index (χ3n) is 12.9. The quantitative estimate of drug-likeness (QED) is 0.0547. The Labute approximate surface area is 437 Å². The lowest BCUT2D eigenvalue weighted by Crippen LogP contribution is -2.61. The number of rotatable bonds is 8. The first kappa shape index (κ1) is 54.0. The molecule has 0 aromatic heterocycles. The Bertz CT molecular complexity index is 3380. The number of phenolic OH excluding ortho intramolecular Hbond substituents is 13. The van der Waals surface area contributed by atoms with Crippen LogP contribution in [0, 0.1) is 0 Å². The molecule has 2 saturated heterocycles. The fraction of sp³-hybridized carbons (Fsp3) is 0.271. The molecule has 79 heavy (non-hydrogen) atoms. The fourth-order valence-electron chi connectivity index (χ4n) is 8.93.